The minimum atomic E-state index is -0.819. The second-order valence-electron chi connectivity index (χ2n) is 7.27. The summed E-state index contributed by atoms with van der Waals surface area (Å²) in [5.41, 5.74) is 1.26. The third-order valence-electron chi connectivity index (χ3n) is 5.38. The Hall–Kier alpha value is -1.73. The van der Waals surface area contributed by atoms with Crippen molar-refractivity contribution in [1.82, 2.24) is 4.98 Å². The summed E-state index contributed by atoms with van der Waals surface area (Å²) in [4.78, 5) is 33.7. The Morgan fingerprint density at radius 3 is 2.74 bits per heavy atom. The summed E-state index contributed by atoms with van der Waals surface area (Å²) >= 11 is 2.97. The van der Waals surface area contributed by atoms with E-state index >= 15 is 0 Å². The highest BCUT2D eigenvalue weighted by Gasteiger charge is 2.33. The van der Waals surface area contributed by atoms with Gasteiger partial charge in [0.1, 0.15) is 4.88 Å². The lowest BCUT2D eigenvalue weighted by molar-refractivity contribution is -0.127. The fourth-order valence-corrected chi connectivity index (χ4v) is 5.85. The van der Waals surface area contributed by atoms with Gasteiger partial charge in [-0.2, -0.15) is 0 Å². The quantitative estimate of drug-likeness (QED) is 0.683. The molecule has 0 spiro atoms. The van der Waals surface area contributed by atoms with E-state index in [4.69, 9.17) is 4.74 Å². The van der Waals surface area contributed by atoms with Gasteiger partial charge in [-0.15, -0.1) is 22.7 Å². The second kappa shape index (κ2) is 8.10. The number of aromatic nitrogens is 1. The minimum Gasteiger partial charge on any atom is -0.448 e. The van der Waals surface area contributed by atoms with Crippen LogP contribution in [-0.2, 0) is 22.4 Å². The van der Waals surface area contributed by atoms with E-state index in [9.17, 15) is 9.59 Å². The number of anilines is 1. The number of fused-ring (bicyclic) bond motifs is 1. The molecule has 4 rings (SSSR count). The largest absolute Gasteiger partial charge is 0.448 e. The van der Waals surface area contributed by atoms with Crippen molar-refractivity contribution in [2.75, 3.05) is 4.90 Å². The van der Waals surface area contributed by atoms with Crippen LogP contribution in [-0.4, -0.2) is 29.0 Å². The van der Waals surface area contributed by atoms with E-state index in [0.29, 0.717) is 10.0 Å². The summed E-state index contributed by atoms with van der Waals surface area (Å²) in [5.74, 6) is -0.563. The van der Waals surface area contributed by atoms with Crippen molar-refractivity contribution in [1.29, 1.82) is 0 Å². The van der Waals surface area contributed by atoms with E-state index in [2.05, 4.69) is 4.98 Å². The molecule has 2 aromatic rings. The highest BCUT2D eigenvalue weighted by Crippen LogP contribution is 2.32. The molecule has 1 unspecified atom stereocenters. The van der Waals surface area contributed by atoms with Gasteiger partial charge in [0.05, 0.1) is 0 Å². The smallest absolute Gasteiger partial charge is 0.349 e. The van der Waals surface area contributed by atoms with Crippen molar-refractivity contribution in [2.45, 2.75) is 70.4 Å². The highest BCUT2D eigenvalue weighted by atomic mass is 32.1. The van der Waals surface area contributed by atoms with Crippen LogP contribution in [0.15, 0.2) is 17.6 Å². The van der Waals surface area contributed by atoms with Crippen LogP contribution < -0.4 is 4.90 Å². The highest BCUT2D eigenvalue weighted by molar-refractivity contribution is 7.14. The minimum absolute atomic E-state index is 0.143. The summed E-state index contributed by atoms with van der Waals surface area (Å²) in [6.07, 6.45) is 9.54. The number of carbonyl (C=O) groups excluding carboxylic acids is 2. The fourth-order valence-electron chi connectivity index (χ4n) is 4.00. The monoisotopic (exact) mass is 404 g/mol. The number of aryl methyl sites for hydroxylation is 2. The number of hydrogen-bond acceptors (Lipinski definition) is 6. The summed E-state index contributed by atoms with van der Waals surface area (Å²) in [5, 5.41) is 2.58. The molecule has 2 aliphatic carbocycles. The Labute approximate surface area is 167 Å². The Kier molecular flexibility index (Phi) is 5.59. The topological polar surface area (TPSA) is 59.5 Å². The SMILES string of the molecule is CC(OC(=O)c1cc2c(s1)CCC2)C(=O)N(c1nccs1)C1CCCCC1. The zero-order chi connectivity index (χ0) is 18.8. The zero-order valence-corrected chi connectivity index (χ0v) is 17.1. The number of amides is 1. The molecule has 5 nitrogen and oxygen atoms in total. The zero-order valence-electron chi connectivity index (χ0n) is 15.5. The fraction of sp³-hybridized carbons (Fsp3) is 0.550. The van der Waals surface area contributed by atoms with Crippen molar-refractivity contribution in [2.24, 2.45) is 0 Å². The van der Waals surface area contributed by atoms with Crippen LogP contribution >= 0.6 is 22.7 Å². The van der Waals surface area contributed by atoms with Crippen LogP contribution in [0.4, 0.5) is 5.13 Å². The maximum atomic E-state index is 13.2. The number of nitrogens with zero attached hydrogens (tertiary/aromatic N) is 2. The molecule has 27 heavy (non-hydrogen) atoms. The van der Waals surface area contributed by atoms with Gasteiger partial charge in [0.25, 0.3) is 5.91 Å². The predicted octanol–water partition coefficient (Wildman–Crippen LogP) is 4.60. The molecule has 1 amide bonds. The molecule has 2 aliphatic rings. The molecule has 0 aliphatic heterocycles. The number of thiophene rings is 1. The van der Waals surface area contributed by atoms with E-state index in [1.807, 2.05) is 11.4 Å². The third-order valence-corrected chi connectivity index (χ3v) is 7.37. The first kappa shape index (κ1) is 18.6. The Morgan fingerprint density at radius 2 is 2.04 bits per heavy atom. The van der Waals surface area contributed by atoms with Gasteiger partial charge in [-0.25, -0.2) is 9.78 Å². The Bertz CT molecular complexity index is 788. The third kappa shape index (κ3) is 3.94. The van der Waals surface area contributed by atoms with Crippen molar-refractivity contribution in [3.8, 4) is 0 Å². The second-order valence-corrected chi connectivity index (χ2v) is 9.28. The van der Waals surface area contributed by atoms with Gasteiger partial charge in [-0.1, -0.05) is 19.3 Å². The first-order chi connectivity index (χ1) is 13.1. The molecule has 0 N–H and O–H groups in total. The standard InChI is InChI=1S/C20H24N2O3S2/c1-13(25-19(24)17-12-14-6-5-9-16(14)27-17)18(23)22(20-21-10-11-26-20)15-7-3-2-4-8-15/h10-13,15H,2-9H2,1H3. The molecule has 2 heterocycles. The summed E-state index contributed by atoms with van der Waals surface area (Å²) in [6, 6.07) is 2.08. The average Bonchev–Trinajstić information content (AvgIpc) is 3.40. The summed E-state index contributed by atoms with van der Waals surface area (Å²) < 4.78 is 5.56. The first-order valence-corrected chi connectivity index (χ1v) is 11.4. The Morgan fingerprint density at radius 1 is 1.22 bits per heavy atom. The molecule has 2 aromatic heterocycles. The molecule has 144 valence electrons. The van der Waals surface area contributed by atoms with Crippen molar-refractivity contribution >= 4 is 39.7 Å². The summed E-state index contributed by atoms with van der Waals surface area (Å²) in [6.45, 7) is 1.67. The maximum Gasteiger partial charge on any atom is 0.349 e. The van der Waals surface area contributed by atoms with Crippen LogP contribution in [0.1, 0.15) is 65.6 Å². The molecular formula is C20H24N2O3S2. The van der Waals surface area contributed by atoms with Gasteiger partial charge >= 0.3 is 5.97 Å². The molecule has 0 bridgehead atoms. The normalized spacial score (nSPS) is 18.1. The molecule has 1 saturated carbocycles. The van der Waals surface area contributed by atoms with E-state index in [1.165, 1.54) is 39.5 Å². The van der Waals surface area contributed by atoms with Gasteiger partial charge < -0.3 is 4.74 Å². The predicted molar refractivity (Wildman–Crippen MR) is 108 cm³/mol. The lowest BCUT2D eigenvalue weighted by atomic mass is 9.94. The number of thiazole rings is 1. The molecule has 0 aromatic carbocycles. The molecule has 1 fully saturated rings. The lowest BCUT2D eigenvalue weighted by Gasteiger charge is -2.33. The van der Waals surface area contributed by atoms with Crippen LogP contribution in [0.5, 0.6) is 0 Å². The van der Waals surface area contributed by atoms with Crippen molar-refractivity contribution in [3.05, 3.63) is 33.0 Å². The molecule has 1 atom stereocenters. The van der Waals surface area contributed by atoms with Crippen LogP contribution in [0.3, 0.4) is 0 Å². The molecule has 7 heteroatoms. The van der Waals surface area contributed by atoms with Gasteiger partial charge in [0.15, 0.2) is 11.2 Å². The number of ether oxygens (including phenoxy) is 1. The van der Waals surface area contributed by atoms with Crippen LogP contribution in [0.2, 0.25) is 0 Å². The average molecular weight is 405 g/mol. The van der Waals surface area contributed by atoms with E-state index < -0.39 is 12.1 Å². The van der Waals surface area contributed by atoms with E-state index in [0.717, 1.165) is 44.9 Å². The Balaban J connectivity index is 1.47. The van der Waals surface area contributed by atoms with E-state index in [-0.39, 0.29) is 11.9 Å². The van der Waals surface area contributed by atoms with Gasteiger partial charge in [-0.05, 0) is 50.7 Å². The van der Waals surface area contributed by atoms with Crippen LogP contribution in [0, 0.1) is 0 Å². The van der Waals surface area contributed by atoms with Gasteiger partial charge in [-0.3, -0.25) is 9.69 Å². The number of carbonyl (C=O) groups is 2. The van der Waals surface area contributed by atoms with Gasteiger partial charge in [0, 0.05) is 22.5 Å². The van der Waals surface area contributed by atoms with Crippen LogP contribution in [0.25, 0.3) is 0 Å². The van der Waals surface area contributed by atoms with Gasteiger partial charge in [0.2, 0.25) is 0 Å². The van der Waals surface area contributed by atoms with Crippen molar-refractivity contribution in [3.63, 3.8) is 0 Å². The molecule has 0 saturated heterocycles. The lowest BCUT2D eigenvalue weighted by Crippen LogP contribution is -2.47. The van der Waals surface area contributed by atoms with E-state index in [1.54, 1.807) is 18.0 Å². The summed E-state index contributed by atoms with van der Waals surface area (Å²) in [7, 11) is 0. The molecular weight excluding hydrogens is 380 g/mol. The number of hydrogen-bond donors (Lipinski definition) is 0. The van der Waals surface area contributed by atoms with Crippen molar-refractivity contribution < 1.29 is 14.3 Å². The number of rotatable bonds is 5. The maximum absolute atomic E-state index is 13.2. The molecule has 0 radical (unpaired) electrons. The first-order valence-electron chi connectivity index (χ1n) is 9.68. The number of esters is 1.